The van der Waals surface area contributed by atoms with E-state index < -0.39 is 6.04 Å². The summed E-state index contributed by atoms with van der Waals surface area (Å²) in [6.07, 6.45) is 0. The highest BCUT2D eigenvalue weighted by atomic mass is 79.9. The van der Waals surface area contributed by atoms with Gasteiger partial charge in [-0.25, -0.2) is 0 Å². The second-order valence-electron chi connectivity index (χ2n) is 6.57. The molecule has 1 atom stereocenters. The molecule has 11 heteroatoms. The molecule has 1 aromatic heterocycles. The zero-order chi connectivity index (χ0) is 22.5. The van der Waals surface area contributed by atoms with E-state index in [1.54, 1.807) is 30.7 Å². The average molecular weight is 543 g/mol. The van der Waals surface area contributed by atoms with Gasteiger partial charge in [0.1, 0.15) is 0 Å². The Hall–Kier alpha value is -2.07. The van der Waals surface area contributed by atoms with Gasteiger partial charge >= 0.3 is 0 Å². The van der Waals surface area contributed by atoms with Gasteiger partial charge < -0.3 is 15.2 Å². The molecule has 0 saturated heterocycles. The van der Waals surface area contributed by atoms with Crippen molar-refractivity contribution in [1.29, 1.82) is 0 Å². The van der Waals surface area contributed by atoms with Crippen molar-refractivity contribution in [1.82, 2.24) is 20.1 Å². The normalized spacial score (nSPS) is 11.8. The molecule has 2 amide bonds. The molecule has 0 aliphatic rings. The van der Waals surface area contributed by atoms with Gasteiger partial charge in [0.2, 0.25) is 5.91 Å². The van der Waals surface area contributed by atoms with Crippen LogP contribution < -0.4 is 10.6 Å². The van der Waals surface area contributed by atoms with Crippen LogP contribution in [0.1, 0.15) is 29.1 Å². The number of halogens is 3. The minimum absolute atomic E-state index is 0.155. The van der Waals surface area contributed by atoms with Crippen LogP contribution in [0.2, 0.25) is 10.0 Å². The number of thioether (sulfide) groups is 1. The van der Waals surface area contributed by atoms with Gasteiger partial charge in [-0.1, -0.05) is 50.9 Å². The third-order valence-corrected chi connectivity index (χ3v) is 6.53. The molecular weight excluding hydrogens is 525 g/mol. The highest BCUT2D eigenvalue weighted by Crippen LogP contribution is 2.24. The van der Waals surface area contributed by atoms with Crippen LogP contribution in [-0.4, -0.2) is 32.3 Å². The summed E-state index contributed by atoms with van der Waals surface area (Å²) >= 11 is 16.5. The molecule has 0 radical (unpaired) electrons. The molecule has 0 spiro atoms. The Morgan fingerprint density at radius 3 is 2.52 bits per heavy atom. The minimum Gasteiger partial charge on any atom is -0.342 e. The summed E-state index contributed by atoms with van der Waals surface area (Å²) in [5.74, 6) is 0.269. The van der Waals surface area contributed by atoms with Crippen LogP contribution in [-0.2, 0) is 11.8 Å². The maximum atomic E-state index is 12.5. The van der Waals surface area contributed by atoms with Crippen molar-refractivity contribution in [3.63, 3.8) is 0 Å². The zero-order valence-electron chi connectivity index (χ0n) is 16.5. The molecule has 0 aliphatic carbocycles. The van der Waals surface area contributed by atoms with Gasteiger partial charge in [-0.2, -0.15) is 0 Å². The molecule has 7 nitrogen and oxygen atoms in total. The Labute approximate surface area is 202 Å². The monoisotopic (exact) mass is 541 g/mol. The van der Waals surface area contributed by atoms with Crippen LogP contribution in [0.4, 0.5) is 5.69 Å². The van der Waals surface area contributed by atoms with E-state index in [9.17, 15) is 9.59 Å². The van der Waals surface area contributed by atoms with Gasteiger partial charge in [0.15, 0.2) is 11.0 Å². The Kier molecular flexibility index (Phi) is 7.99. The third kappa shape index (κ3) is 6.22. The molecule has 0 unspecified atom stereocenters. The second kappa shape index (κ2) is 10.5. The number of rotatable bonds is 7. The fraction of sp³-hybridized carbons (Fsp3) is 0.200. The van der Waals surface area contributed by atoms with E-state index in [1.165, 1.54) is 17.8 Å². The van der Waals surface area contributed by atoms with E-state index in [-0.39, 0.29) is 17.6 Å². The maximum absolute atomic E-state index is 12.5. The van der Waals surface area contributed by atoms with Crippen LogP contribution >= 0.6 is 50.9 Å². The van der Waals surface area contributed by atoms with Crippen molar-refractivity contribution in [2.24, 2.45) is 7.05 Å². The second-order valence-corrected chi connectivity index (χ2v) is 9.24. The van der Waals surface area contributed by atoms with Crippen molar-refractivity contribution in [3.8, 4) is 0 Å². The van der Waals surface area contributed by atoms with E-state index in [0.717, 1.165) is 4.47 Å². The first-order chi connectivity index (χ1) is 14.7. The first-order valence-corrected chi connectivity index (χ1v) is 11.6. The number of aromatic nitrogens is 3. The number of benzene rings is 2. The lowest BCUT2D eigenvalue weighted by Gasteiger charge is -2.14. The first kappa shape index (κ1) is 23.6. The lowest BCUT2D eigenvalue weighted by atomic mass is 10.2. The Balaban J connectivity index is 1.58. The van der Waals surface area contributed by atoms with Gasteiger partial charge in [0.25, 0.3) is 5.91 Å². The number of carbonyl (C=O) groups is 2. The van der Waals surface area contributed by atoms with Crippen LogP contribution in [0.15, 0.2) is 52.1 Å². The summed E-state index contributed by atoms with van der Waals surface area (Å²) in [7, 11) is 1.78. The molecule has 162 valence electrons. The lowest BCUT2D eigenvalue weighted by Crippen LogP contribution is -2.28. The van der Waals surface area contributed by atoms with Crippen molar-refractivity contribution in [3.05, 3.63) is 68.4 Å². The number of nitrogens with one attached hydrogen (secondary N) is 2. The Morgan fingerprint density at radius 2 is 1.84 bits per heavy atom. The molecule has 31 heavy (non-hydrogen) atoms. The maximum Gasteiger partial charge on any atom is 0.251 e. The standard InChI is InChI=1S/C20H18BrCl2N5O2S/c1-11(24-19(30)12-3-8-15(22)16(23)9-12)18-26-27-20(28(18)2)31-10-17(29)25-14-6-4-13(21)5-7-14/h3-9,11H,10H2,1-2H3,(H,24,30)(H,25,29)/t11-/m0/s1. The molecule has 3 aromatic rings. The molecule has 3 rings (SSSR count). The van der Waals surface area contributed by atoms with Crippen molar-refractivity contribution in [2.45, 2.75) is 18.1 Å². The molecule has 0 bridgehead atoms. The number of carbonyl (C=O) groups excluding carboxylic acids is 2. The Bertz CT molecular complexity index is 1110. The third-order valence-electron chi connectivity index (χ3n) is 4.25. The van der Waals surface area contributed by atoms with Gasteiger partial charge in [-0.3, -0.25) is 9.59 Å². The summed E-state index contributed by atoms with van der Waals surface area (Å²) in [5.41, 5.74) is 1.11. The van der Waals surface area contributed by atoms with E-state index in [1.807, 2.05) is 24.3 Å². The van der Waals surface area contributed by atoms with E-state index in [0.29, 0.717) is 32.3 Å². The van der Waals surface area contributed by atoms with E-state index in [4.69, 9.17) is 23.2 Å². The number of anilines is 1. The lowest BCUT2D eigenvalue weighted by molar-refractivity contribution is -0.113. The summed E-state index contributed by atoms with van der Waals surface area (Å²) in [5, 5.41) is 15.2. The number of amides is 2. The SMILES string of the molecule is C[C@H](NC(=O)c1ccc(Cl)c(Cl)c1)c1nnc(SCC(=O)Nc2ccc(Br)cc2)n1C. The molecule has 0 fully saturated rings. The van der Waals surface area contributed by atoms with Gasteiger partial charge in [0.05, 0.1) is 21.8 Å². The largest absolute Gasteiger partial charge is 0.342 e. The molecular formula is C20H18BrCl2N5O2S. The molecule has 0 aliphatic heterocycles. The summed E-state index contributed by atoms with van der Waals surface area (Å²) < 4.78 is 2.68. The predicted molar refractivity (Wildman–Crippen MR) is 127 cm³/mol. The zero-order valence-corrected chi connectivity index (χ0v) is 20.4. The van der Waals surface area contributed by atoms with Crippen LogP contribution in [0, 0.1) is 0 Å². The topological polar surface area (TPSA) is 88.9 Å². The van der Waals surface area contributed by atoms with Crippen molar-refractivity contribution in [2.75, 3.05) is 11.1 Å². The fourth-order valence-corrected chi connectivity index (χ4v) is 3.95. The van der Waals surface area contributed by atoms with E-state index >= 15 is 0 Å². The molecule has 2 aromatic carbocycles. The molecule has 1 heterocycles. The quantitative estimate of drug-likeness (QED) is 0.405. The molecule has 2 N–H and O–H groups in total. The molecule has 0 saturated carbocycles. The summed E-state index contributed by atoms with van der Waals surface area (Å²) in [6, 6.07) is 11.6. The minimum atomic E-state index is -0.412. The fourth-order valence-electron chi connectivity index (χ4n) is 2.67. The van der Waals surface area contributed by atoms with Gasteiger partial charge in [-0.05, 0) is 49.4 Å². The highest BCUT2D eigenvalue weighted by molar-refractivity contribution is 9.10. The van der Waals surface area contributed by atoms with Crippen molar-refractivity contribution < 1.29 is 9.59 Å². The smallest absolute Gasteiger partial charge is 0.251 e. The van der Waals surface area contributed by atoms with Crippen molar-refractivity contribution >= 4 is 68.4 Å². The first-order valence-electron chi connectivity index (χ1n) is 9.08. The average Bonchev–Trinajstić information content (AvgIpc) is 3.10. The summed E-state index contributed by atoms with van der Waals surface area (Å²) in [4.78, 5) is 24.7. The number of hydrogen-bond donors (Lipinski definition) is 2. The Morgan fingerprint density at radius 1 is 1.13 bits per heavy atom. The van der Waals surface area contributed by atoms with Gasteiger partial charge in [-0.15, -0.1) is 10.2 Å². The number of hydrogen-bond acceptors (Lipinski definition) is 5. The number of nitrogens with zero attached hydrogens (tertiary/aromatic N) is 3. The van der Waals surface area contributed by atoms with Crippen LogP contribution in [0.3, 0.4) is 0 Å². The van der Waals surface area contributed by atoms with Gasteiger partial charge in [0, 0.05) is 22.8 Å². The van der Waals surface area contributed by atoms with Crippen LogP contribution in [0.25, 0.3) is 0 Å². The van der Waals surface area contributed by atoms with Crippen LogP contribution in [0.5, 0.6) is 0 Å². The summed E-state index contributed by atoms with van der Waals surface area (Å²) in [6.45, 7) is 1.80. The highest BCUT2D eigenvalue weighted by Gasteiger charge is 2.19. The van der Waals surface area contributed by atoms with E-state index in [2.05, 4.69) is 36.8 Å². The predicted octanol–water partition coefficient (Wildman–Crippen LogP) is 5.11.